The molecule has 3 aliphatic rings. The lowest BCUT2D eigenvalue weighted by Gasteiger charge is -2.26. The van der Waals surface area contributed by atoms with Crippen molar-refractivity contribution in [1.82, 2.24) is 25.3 Å². The Labute approximate surface area is 264 Å². The Balaban J connectivity index is 1.01. The fraction of sp³-hybridized carbons (Fsp3) is 0.312. The van der Waals surface area contributed by atoms with Gasteiger partial charge < -0.3 is 34.3 Å². The number of hydrogen-bond donors (Lipinski definition) is 2. The summed E-state index contributed by atoms with van der Waals surface area (Å²) in [7, 11) is 0. The van der Waals surface area contributed by atoms with Crippen LogP contribution in [0.2, 0.25) is 0 Å². The van der Waals surface area contributed by atoms with Crippen LogP contribution < -0.4 is 29.7 Å². The number of amides is 2. The second kappa shape index (κ2) is 13.3. The van der Waals surface area contributed by atoms with Gasteiger partial charge in [-0.3, -0.25) is 19.7 Å². The molecule has 0 bridgehead atoms. The molecule has 2 amide bonds. The zero-order chi connectivity index (χ0) is 31.3. The van der Waals surface area contributed by atoms with E-state index in [1.165, 1.54) is 4.90 Å². The number of carbonyl (C=O) groups is 2. The lowest BCUT2D eigenvalue weighted by Crippen LogP contribution is -2.38. The van der Waals surface area contributed by atoms with Gasteiger partial charge in [0.05, 0.1) is 43.5 Å². The van der Waals surface area contributed by atoms with Gasteiger partial charge in [-0.1, -0.05) is 30.3 Å². The van der Waals surface area contributed by atoms with Crippen LogP contribution in [-0.4, -0.2) is 77.1 Å². The van der Waals surface area contributed by atoms with Gasteiger partial charge in [0.25, 0.3) is 5.91 Å². The highest BCUT2D eigenvalue weighted by atomic mass is 16.6. The van der Waals surface area contributed by atoms with E-state index in [0.717, 1.165) is 11.1 Å². The van der Waals surface area contributed by atoms with Crippen LogP contribution in [0.5, 0.6) is 17.4 Å². The van der Waals surface area contributed by atoms with Gasteiger partial charge in [0.2, 0.25) is 5.88 Å². The van der Waals surface area contributed by atoms with Crippen LogP contribution >= 0.6 is 0 Å². The van der Waals surface area contributed by atoms with Crippen LogP contribution in [0.1, 0.15) is 17.7 Å². The number of aromatic nitrogens is 4. The first-order chi connectivity index (χ1) is 22.6. The number of cyclic esters (lactones) is 1. The molecule has 1 aromatic carbocycles. The second-order valence-electron chi connectivity index (χ2n) is 10.9. The fourth-order valence-corrected chi connectivity index (χ4v) is 5.13. The van der Waals surface area contributed by atoms with Crippen LogP contribution in [0, 0.1) is 0 Å². The Kier molecular flexibility index (Phi) is 8.52. The van der Waals surface area contributed by atoms with Gasteiger partial charge in [0.1, 0.15) is 24.6 Å². The maximum absolute atomic E-state index is 12.7. The van der Waals surface area contributed by atoms with Gasteiger partial charge in [-0.05, 0) is 36.7 Å². The first-order valence-corrected chi connectivity index (χ1v) is 14.9. The average molecular weight is 626 g/mol. The van der Waals surface area contributed by atoms with E-state index in [-0.39, 0.29) is 30.5 Å². The predicted octanol–water partition coefficient (Wildman–Crippen LogP) is 3.13. The summed E-state index contributed by atoms with van der Waals surface area (Å²) in [5.41, 5.74) is 3.05. The smallest absolute Gasteiger partial charge is 0.415 e. The fourth-order valence-electron chi connectivity index (χ4n) is 5.13. The summed E-state index contributed by atoms with van der Waals surface area (Å²) in [6.07, 6.45) is 4.65. The van der Waals surface area contributed by atoms with Crippen molar-refractivity contribution in [1.29, 1.82) is 0 Å². The number of carbonyl (C=O) groups excluding carboxylic acids is 2. The van der Waals surface area contributed by atoms with Gasteiger partial charge in [-0.2, -0.15) is 0 Å². The van der Waals surface area contributed by atoms with E-state index in [0.29, 0.717) is 80.5 Å². The molecule has 0 unspecified atom stereocenters. The van der Waals surface area contributed by atoms with Crippen molar-refractivity contribution >= 4 is 23.6 Å². The Morgan fingerprint density at radius 3 is 2.78 bits per heavy atom. The summed E-state index contributed by atoms with van der Waals surface area (Å²) in [6.45, 7) is 2.60. The highest BCUT2D eigenvalue weighted by Crippen LogP contribution is 2.33. The molecule has 14 heteroatoms. The highest BCUT2D eigenvalue weighted by Gasteiger charge is 2.33. The minimum absolute atomic E-state index is 0.0340. The monoisotopic (exact) mass is 625 g/mol. The largest absolute Gasteiger partial charge is 0.486 e. The lowest BCUT2D eigenvalue weighted by molar-refractivity contribution is -0.118. The number of nitrogens with one attached hydrogen (secondary N) is 2. The van der Waals surface area contributed by atoms with E-state index in [1.54, 1.807) is 30.7 Å². The first kappa shape index (κ1) is 29.4. The zero-order valence-electron chi connectivity index (χ0n) is 24.8. The summed E-state index contributed by atoms with van der Waals surface area (Å²) in [6, 6.07) is 15.1. The minimum Gasteiger partial charge on any atom is -0.486 e. The Morgan fingerprint density at radius 2 is 1.93 bits per heavy atom. The molecule has 46 heavy (non-hydrogen) atoms. The van der Waals surface area contributed by atoms with Crippen molar-refractivity contribution in [3.8, 4) is 28.6 Å². The highest BCUT2D eigenvalue weighted by molar-refractivity contribution is 5.95. The molecule has 4 aromatic rings. The summed E-state index contributed by atoms with van der Waals surface area (Å²) in [5, 5.41) is 6.07. The van der Waals surface area contributed by atoms with Crippen LogP contribution in [0.15, 0.2) is 67.1 Å². The molecule has 236 valence electrons. The molecule has 14 nitrogen and oxygen atoms in total. The molecule has 1 atom stereocenters. The summed E-state index contributed by atoms with van der Waals surface area (Å²) in [4.78, 5) is 43.8. The molecular weight excluding hydrogens is 594 g/mol. The van der Waals surface area contributed by atoms with E-state index in [1.807, 2.05) is 36.4 Å². The van der Waals surface area contributed by atoms with E-state index >= 15 is 0 Å². The number of benzene rings is 1. The van der Waals surface area contributed by atoms with Gasteiger partial charge in [-0.25, -0.2) is 14.8 Å². The third kappa shape index (κ3) is 6.67. The number of fused-ring (bicyclic) bond motifs is 1. The number of ether oxygens (including phenoxy) is 5. The summed E-state index contributed by atoms with van der Waals surface area (Å²) in [5.74, 6) is 1.83. The minimum atomic E-state index is -0.497. The quantitative estimate of drug-likeness (QED) is 0.222. The Morgan fingerprint density at radius 1 is 1.04 bits per heavy atom. The zero-order valence-corrected chi connectivity index (χ0v) is 24.8. The van der Waals surface area contributed by atoms with Gasteiger partial charge in [0.15, 0.2) is 23.9 Å². The van der Waals surface area contributed by atoms with Gasteiger partial charge >= 0.3 is 6.09 Å². The van der Waals surface area contributed by atoms with E-state index < -0.39 is 6.09 Å². The number of pyridine rings is 2. The third-order valence-corrected chi connectivity index (χ3v) is 7.53. The summed E-state index contributed by atoms with van der Waals surface area (Å²) >= 11 is 0. The van der Waals surface area contributed by atoms with E-state index in [4.69, 9.17) is 23.7 Å². The van der Waals surface area contributed by atoms with Crippen LogP contribution in [0.25, 0.3) is 11.3 Å². The molecular formula is C32H31N7O7. The van der Waals surface area contributed by atoms with Crippen LogP contribution in [0.3, 0.4) is 0 Å². The molecule has 0 aliphatic carbocycles. The van der Waals surface area contributed by atoms with E-state index in [9.17, 15) is 9.59 Å². The second-order valence-corrected chi connectivity index (χ2v) is 10.9. The molecule has 0 spiro atoms. The van der Waals surface area contributed by atoms with Crippen molar-refractivity contribution in [2.75, 3.05) is 43.1 Å². The summed E-state index contributed by atoms with van der Waals surface area (Å²) < 4.78 is 28.4. The first-order valence-electron chi connectivity index (χ1n) is 14.9. The van der Waals surface area contributed by atoms with Crippen molar-refractivity contribution in [3.63, 3.8) is 0 Å². The van der Waals surface area contributed by atoms with Gasteiger partial charge in [-0.15, -0.1) is 0 Å². The maximum atomic E-state index is 12.7. The predicted molar refractivity (Wildman–Crippen MR) is 164 cm³/mol. The van der Waals surface area contributed by atoms with Crippen molar-refractivity contribution in [3.05, 3.63) is 78.4 Å². The van der Waals surface area contributed by atoms with Crippen LogP contribution in [0.4, 0.5) is 16.4 Å². The number of nitrogens with zero attached hydrogens (tertiary/aromatic N) is 5. The van der Waals surface area contributed by atoms with Crippen molar-refractivity contribution in [2.45, 2.75) is 31.8 Å². The lowest BCUT2D eigenvalue weighted by atomic mass is 10.1. The number of hydrogen-bond acceptors (Lipinski definition) is 12. The number of rotatable bonds is 12. The molecule has 3 aliphatic heterocycles. The topological polar surface area (TPSA) is 159 Å². The SMILES string of the molecule is O=C1COc2ccc(N3C[C@H](CCNCc4nccc(-c5cncc(OC6COC6)n5)c4OCc4ccccc4)OC3=O)nc2N1. The molecule has 2 saturated heterocycles. The average Bonchev–Trinajstić information content (AvgIpc) is 3.44. The maximum Gasteiger partial charge on any atom is 0.415 e. The standard InChI is InChI=1S/C32H31N7O7/c40-28-19-43-26-6-7-27(37-31(26)38-28)39-15-21(46-32(39)41)8-10-33-13-25-30(44-16-20-4-2-1-3-5-20)23(9-11-35-25)24-12-34-14-29(36-24)45-22-17-42-18-22/h1-7,9,11-12,14,21-22,33H,8,10,13,15-19H2,(H,37,38,40)/t21-/m0/s1. The molecule has 3 aromatic heterocycles. The normalized spacial score (nSPS) is 17.4. The molecule has 2 fully saturated rings. The molecule has 0 radical (unpaired) electrons. The Hall–Kier alpha value is -5.34. The van der Waals surface area contributed by atoms with Gasteiger partial charge in [0, 0.05) is 18.3 Å². The van der Waals surface area contributed by atoms with Crippen molar-refractivity contribution < 1.29 is 33.3 Å². The molecule has 0 saturated carbocycles. The van der Waals surface area contributed by atoms with Crippen LogP contribution in [-0.2, 0) is 27.4 Å². The Bertz CT molecular complexity index is 1720. The third-order valence-electron chi connectivity index (χ3n) is 7.53. The number of anilines is 2. The molecule has 7 rings (SSSR count). The molecule has 2 N–H and O–H groups in total. The van der Waals surface area contributed by atoms with Crippen molar-refractivity contribution in [2.24, 2.45) is 0 Å². The van der Waals surface area contributed by atoms with E-state index in [2.05, 4.69) is 30.6 Å². The molecule has 6 heterocycles.